The second-order valence-electron chi connectivity index (χ2n) is 14.5. The van der Waals surface area contributed by atoms with E-state index in [2.05, 4.69) is 16.5 Å². The van der Waals surface area contributed by atoms with Crippen LogP contribution in [0.25, 0.3) is 11.0 Å². The van der Waals surface area contributed by atoms with Gasteiger partial charge >= 0.3 is 11.9 Å². The zero-order valence-corrected chi connectivity index (χ0v) is 29.7. The number of fused-ring (bicyclic) bond motifs is 1. The predicted octanol–water partition coefficient (Wildman–Crippen LogP) is 7.10. The Morgan fingerprint density at radius 2 is 1.88 bits per heavy atom. The largest absolute Gasteiger partial charge is 0.497 e. The second-order valence-corrected chi connectivity index (χ2v) is 14.8. The molecule has 1 amide bonds. The highest BCUT2D eigenvalue weighted by atomic mass is 35.5. The van der Waals surface area contributed by atoms with Crippen molar-refractivity contribution in [2.45, 2.75) is 116 Å². The molecule has 2 heterocycles. The molecule has 1 aliphatic heterocycles. The highest BCUT2D eigenvalue weighted by molar-refractivity contribution is 6.31. The summed E-state index contributed by atoms with van der Waals surface area (Å²) >= 11 is 6.56. The van der Waals surface area contributed by atoms with Crippen molar-refractivity contribution in [3.63, 3.8) is 0 Å². The van der Waals surface area contributed by atoms with E-state index in [1.54, 1.807) is 51.0 Å². The Morgan fingerprint density at radius 3 is 2.54 bits per heavy atom. The third-order valence-corrected chi connectivity index (χ3v) is 10.1. The molecule has 10 nitrogen and oxygen atoms in total. The Balaban J connectivity index is 1.39. The van der Waals surface area contributed by atoms with E-state index in [1.165, 1.54) is 0 Å². The normalized spacial score (nSPS) is 24.7. The van der Waals surface area contributed by atoms with Crippen molar-refractivity contribution in [2.24, 2.45) is 23.7 Å². The maximum absolute atomic E-state index is 14.6. The molecule has 2 aliphatic carbocycles. The van der Waals surface area contributed by atoms with Crippen molar-refractivity contribution in [1.29, 1.82) is 0 Å². The number of nitrogens with zero attached hydrogens (tertiary/aromatic N) is 3. The minimum atomic E-state index is -0.906. The summed E-state index contributed by atoms with van der Waals surface area (Å²) in [6, 6.07) is 4.38. The number of unbranched alkanes of at least 4 members (excludes halogenated alkanes) is 1. The van der Waals surface area contributed by atoms with Crippen LogP contribution in [0, 0.1) is 23.7 Å². The summed E-state index contributed by atoms with van der Waals surface area (Å²) in [5, 5.41) is 0.0792. The molecule has 0 N–H and O–H groups in total. The zero-order valence-electron chi connectivity index (χ0n) is 28.9. The van der Waals surface area contributed by atoms with Gasteiger partial charge in [0.2, 0.25) is 5.91 Å². The number of rotatable bonds is 14. The SMILES string of the molecule is C=CCCC[C@@H]1C[C@H]1OC(=O)C[C@H](C(=O)N1C[C@H](Oc2nc3cc(OC)ccc3nc2Cl)[C@@H](CC)[C@H]1C(=O)OC(C)(C)C)C1CCCC1. The highest BCUT2D eigenvalue weighted by Gasteiger charge is 2.52. The van der Waals surface area contributed by atoms with Gasteiger partial charge in [0.25, 0.3) is 5.88 Å². The van der Waals surface area contributed by atoms with Crippen LogP contribution >= 0.6 is 11.6 Å². The number of likely N-dealkylation sites (tertiary alicyclic amines) is 1. The van der Waals surface area contributed by atoms with Gasteiger partial charge in [-0.25, -0.2) is 14.8 Å². The van der Waals surface area contributed by atoms with Gasteiger partial charge in [0, 0.05) is 12.0 Å². The molecule has 2 aromatic rings. The third kappa shape index (κ3) is 8.60. The third-order valence-electron chi connectivity index (χ3n) is 9.86. The van der Waals surface area contributed by atoms with Crippen molar-refractivity contribution in [3.05, 3.63) is 36.0 Å². The molecule has 0 unspecified atom stereocenters. The lowest BCUT2D eigenvalue weighted by Crippen LogP contribution is -2.49. The summed E-state index contributed by atoms with van der Waals surface area (Å²) in [5.74, 6) is -0.973. The van der Waals surface area contributed by atoms with Gasteiger partial charge in [-0.1, -0.05) is 37.4 Å². The number of methoxy groups -OCH3 is 1. The standard InChI is InChI=1S/C37H50ClN3O7/c1-7-9-10-15-23-18-29(23)46-31(42)20-26(22-13-11-12-14-22)35(43)41-21-30(25(8-2)32(41)36(44)48-37(3,4)5)47-34-33(38)39-27-17-16-24(45-6)19-28(27)40-34/h7,16-17,19,22-23,25-26,29-30,32H,1,8-15,18,20-21H2,2-6H3/t23-,25-,26+,29-,30+,32+/m1/s1. The Kier molecular flexibility index (Phi) is 11.5. The minimum absolute atomic E-state index is 0.0109. The van der Waals surface area contributed by atoms with Crippen LogP contribution in [0.4, 0.5) is 0 Å². The number of amides is 1. The van der Waals surface area contributed by atoms with E-state index in [1.807, 2.05) is 13.0 Å². The van der Waals surface area contributed by atoms with Crippen LogP contribution in [-0.2, 0) is 23.9 Å². The van der Waals surface area contributed by atoms with Crippen LogP contribution in [0.5, 0.6) is 11.6 Å². The molecule has 262 valence electrons. The maximum Gasteiger partial charge on any atom is 0.329 e. The van der Waals surface area contributed by atoms with E-state index in [0.717, 1.165) is 51.4 Å². The van der Waals surface area contributed by atoms with Crippen molar-refractivity contribution >= 4 is 40.5 Å². The first kappa shape index (κ1) is 35.9. The molecule has 48 heavy (non-hydrogen) atoms. The number of halogens is 1. The molecule has 1 saturated heterocycles. The molecule has 0 spiro atoms. The lowest BCUT2D eigenvalue weighted by Gasteiger charge is -2.33. The average Bonchev–Trinajstić information content (AvgIpc) is 3.38. The van der Waals surface area contributed by atoms with Gasteiger partial charge in [-0.15, -0.1) is 6.58 Å². The number of aromatic nitrogens is 2. The molecule has 1 aromatic heterocycles. The lowest BCUT2D eigenvalue weighted by atomic mass is 9.86. The number of benzene rings is 1. The molecule has 3 fully saturated rings. The first-order chi connectivity index (χ1) is 22.9. The summed E-state index contributed by atoms with van der Waals surface area (Å²) < 4.78 is 23.5. The van der Waals surface area contributed by atoms with Gasteiger partial charge in [0.1, 0.15) is 29.6 Å². The molecule has 1 aromatic carbocycles. The number of esters is 2. The van der Waals surface area contributed by atoms with Crippen LogP contribution < -0.4 is 9.47 Å². The van der Waals surface area contributed by atoms with Gasteiger partial charge in [0.15, 0.2) is 5.15 Å². The van der Waals surface area contributed by atoms with E-state index in [4.69, 9.17) is 30.5 Å². The molecular weight excluding hydrogens is 634 g/mol. The van der Waals surface area contributed by atoms with Crippen molar-refractivity contribution < 1.29 is 33.3 Å². The Morgan fingerprint density at radius 1 is 1.12 bits per heavy atom. The molecule has 2 saturated carbocycles. The van der Waals surface area contributed by atoms with Gasteiger partial charge in [-0.3, -0.25) is 9.59 Å². The summed E-state index contributed by atoms with van der Waals surface area (Å²) in [6.07, 6.45) is 9.25. The van der Waals surface area contributed by atoms with Crippen molar-refractivity contribution in [3.8, 4) is 11.6 Å². The Bertz CT molecular complexity index is 1490. The predicted molar refractivity (Wildman–Crippen MR) is 183 cm³/mol. The van der Waals surface area contributed by atoms with Crippen LogP contribution in [0.15, 0.2) is 30.9 Å². The molecule has 5 rings (SSSR count). The lowest BCUT2D eigenvalue weighted by molar-refractivity contribution is -0.166. The summed E-state index contributed by atoms with van der Waals surface area (Å²) in [7, 11) is 1.57. The first-order valence-electron chi connectivity index (χ1n) is 17.4. The number of ether oxygens (including phenoxy) is 4. The second kappa shape index (κ2) is 15.4. The fourth-order valence-electron chi connectivity index (χ4n) is 7.34. The van der Waals surface area contributed by atoms with Crippen molar-refractivity contribution in [2.75, 3.05) is 13.7 Å². The van der Waals surface area contributed by atoms with Crippen LogP contribution in [0.2, 0.25) is 5.15 Å². The van der Waals surface area contributed by atoms with Crippen molar-refractivity contribution in [1.82, 2.24) is 14.9 Å². The fourth-order valence-corrected chi connectivity index (χ4v) is 7.52. The van der Waals surface area contributed by atoms with Gasteiger partial charge < -0.3 is 23.8 Å². The average molecular weight is 684 g/mol. The van der Waals surface area contributed by atoms with E-state index >= 15 is 0 Å². The maximum atomic E-state index is 14.6. The number of hydrogen-bond acceptors (Lipinski definition) is 9. The van der Waals surface area contributed by atoms with E-state index in [-0.39, 0.29) is 47.9 Å². The van der Waals surface area contributed by atoms with Gasteiger partial charge in [-0.05, 0) is 89.7 Å². The fraction of sp³-hybridized carbons (Fsp3) is 0.649. The Hall–Kier alpha value is -3.40. The number of carbonyl (C=O) groups is 3. The summed E-state index contributed by atoms with van der Waals surface area (Å²) in [6.45, 7) is 11.3. The van der Waals surface area contributed by atoms with Gasteiger partial charge in [0.05, 0.1) is 37.0 Å². The monoisotopic (exact) mass is 683 g/mol. The van der Waals surface area contributed by atoms with Crippen LogP contribution in [0.1, 0.15) is 91.9 Å². The van der Waals surface area contributed by atoms with E-state index in [9.17, 15) is 14.4 Å². The number of hydrogen-bond donors (Lipinski definition) is 0. The highest BCUT2D eigenvalue weighted by Crippen LogP contribution is 2.42. The molecular formula is C37H50ClN3O7. The quantitative estimate of drug-likeness (QED) is 0.117. The number of allylic oxidation sites excluding steroid dienone is 1. The van der Waals surface area contributed by atoms with Crippen LogP contribution in [0.3, 0.4) is 0 Å². The zero-order chi connectivity index (χ0) is 34.6. The topological polar surface area (TPSA) is 117 Å². The Labute approximate surface area is 288 Å². The van der Waals surface area contributed by atoms with Crippen LogP contribution in [-0.4, -0.2) is 70.2 Å². The summed E-state index contributed by atoms with van der Waals surface area (Å²) in [4.78, 5) is 52.5. The molecule has 6 atom stereocenters. The minimum Gasteiger partial charge on any atom is -0.497 e. The molecule has 3 aliphatic rings. The number of carbonyl (C=O) groups excluding carboxylic acids is 3. The van der Waals surface area contributed by atoms with E-state index < -0.39 is 35.6 Å². The molecule has 0 radical (unpaired) electrons. The van der Waals surface area contributed by atoms with Gasteiger partial charge in [-0.2, -0.15) is 0 Å². The van der Waals surface area contributed by atoms with E-state index in [0.29, 0.717) is 29.1 Å². The molecule has 11 heteroatoms. The summed E-state index contributed by atoms with van der Waals surface area (Å²) in [5.41, 5.74) is 0.349. The molecule has 0 bridgehead atoms. The smallest absolute Gasteiger partial charge is 0.329 e. The first-order valence-corrected chi connectivity index (χ1v) is 17.8.